The second-order valence-corrected chi connectivity index (χ2v) is 6.76. The van der Waals surface area contributed by atoms with Gasteiger partial charge in [-0.1, -0.05) is 0 Å². The molecule has 1 saturated carbocycles. The second-order valence-electron chi connectivity index (χ2n) is 6.76. The molecule has 108 valence electrons. The van der Waals surface area contributed by atoms with Crippen LogP contribution in [0.15, 0.2) is 18.5 Å². The van der Waals surface area contributed by atoms with Crippen LogP contribution in [0, 0.1) is 5.92 Å². The van der Waals surface area contributed by atoms with Crippen molar-refractivity contribution < 1.29 is 14.0 Å². The zero-order valence-corrected chi connectivity index (χ0v) is 12.7. The summed E-state index contributed by atoms with van der Waals surface area (Å²) >= 11 is 0. The van der Waals surface area contributed by atoms with Gasteiger partial charge in [0, 0.05) is 17.9 Å². The van der Waals surface area contributed by atoms with Gasteiger partial charge in [-0.3, -0.25) is 4.98 Å². The summed E-state index contributed by atoms with van der Waals surface area (Å²) in [7, 11) is -0.414. The molecule has 3 rings (SSSR count). The molecule has 0 amide bonds. The maximum Gasteiger partial charge on any atom is 0.500 e. The van der Waals surface area contributed by atoms with Gasteiger partial charge in [-0.25, -0.2) is 0 Å². The molecule has 0 aromatic carbocycles. The second kappa shape index (κ2) is 4.74. The summed E-state index contributed by atoms with van der Waals surface area (Å²) in [4.78, 5) is 4.19. The van der Waals surface area contributed by atoms with Gasteiger partial charge in [-0.2, -0.15) is 0 Å². The van der Waals surface area contributed by atoms with Gasteiger partial charge >= 0.3 is 7.12 Å². The number of hydrogen-bond donors (Lipinski definition) is 0. The molecule has 2 heterocycles. The van der Waals surface area contributed by atoms with Crippen LogP contribution in [-0.4, -0.2) is 29.9 Å². The maximum atomic E-state index is 6.07. The first-order valence-corrected chi connectivity index (χ1v) is 7.31. The zero-order chi connectivity index (χ0) is 14.4. The predicted octanol–water partition coefficient (Wildman–Crippen LogP) is 2.17. The molecule has 5 heteroatoms. The Morgan fingerprint density at radius 2 is 1.90 bits per heavy atom. The first-order chi connectivity index (χ1) is 9.39. The van der Waals surface area contributed by atoms with E-state index in [1.54, 1.807) is 12.4 Å². The monoisotopic (exact) mass is 275 g/mol. The molecule has 4 nitrogen and oxygen atoms in total. The molecule has 1 aromatic heterocycles. The normalized spacial score (nSPS) is 23.9. The van der Waals surface area contributed by atoms with E-state index in [1.807, 2.05) is 33.8 Å². The van der Waals surface area contributed by atoms with Crippen molar-refractivity contribution in [1.82, 2.24) is 4.98 Å². The van der Waals surface area contributed by atoms with E-state index in [0.29, 0.717) is 5.92 Å². The van der Waals surface area contributed by atoms with E-state index in [0.717, 1.165) is 17.8 Å². The van der Waals surface area contributed by atoms with Crippen molar-refractivity contribution >= 4 is 12.6 Å². The van der Waals surface area contributed by atoms with E-state index in [1.165, 1.54) is 12.8 Å². The number of rotatable bonds is 4. The van der Waals surface area contributed by atoms with Crippen LogP contribution in [0.5, 0.6) is 5.75 Å². The molecule has 1 saturated heterocycles. The number of ether oxygens (including phenoxy) is 1. The molecule has 1 aromatic rings. The average molecular weight is 275 g/mol. The highest BCUT2D eigenvalue weighted by molar-refractivity contribution is 6.63. The van der Waals surface area contributed by atoms with E-state index in [2.05, 4.69) is 4.98 Å². The van der Waals surface area contributed by atoms with Crippen LogP contribution in [0.2, 0.25) is 0 Å². The number of aromatic nitrogens is 1. The minimum absolute atomic E-state index is 0.346. The highest BCUT2D eigenvalue weighted by Gasteiger charge is 2.52. The third-order valence-electron chi connectivity index (χ3n) is 4.49. The van der Waals surface area contributed by atoms with Gasteiger partial charge in [0.25, 0.3) is 0 Å². The van der Waals surface area contributed by atoms with Crippen LogP contribution in [0.1, 0.15) is 40.5 Å². The Bertz CT molecular complexity index is 484. The van der Waals surface area contributed by atoms with Gasteiger partial charge in [0.15, 0.2) is 0 Å². The fourth-order valence-corrected chi connectivity index (χ4v) is 2.16. The molecule has 2 aliphatic rings. The third kappa shape index (κ3) is 2.57. The van der Waals surface area contributed by atoms with Crippen LogP contribution in [0.4, 0.5) is 0 Å². The molecule has 0 spiro atoms. The Balaban J connectivity index is 1.79. The molecule has 0 N–H and O–H groups in total. The number of pyridine rings is 1. The quantitative estimate of drug-likeness (QED) is 0.790. The van der Waals surface area contributed by atoms with E-state index in [9.17, 15) is 0 Å². The average Bonchev–Trinajstić information content (AvgIpc) is 3.15. The van der Waals surface area contributed by atoms with Crippen LogP contribution < -0.4 is 10.2 Å². The van der Waals surface area contributed by atoms with Crippen LogP contribution >= 0.6 is 0 Å². The summed E-state index contributed by atoms with van der Waals surface area (Å²) in [6.45, 7) is 8.97. The van der Waals surface area contributed by atoms with Crippen molar-refractivity contribution in [3.8, 4) is 5.75 Å². The number of nitrogens with zero attached hydrogens (tertiary/aromatic N) is 1. The van der Waals surface area contributed by atoms with Gasteiger partial charge in [0.2, 0.25) is 0 Å². The number of hydrogen-bond acceptors (Lipinski definition) is 4. The van der Waals surface area contributed by atoms with Crippen molar-refractivity contribution in [3.63, 3.8) is 0 Å². The molecule has 0 unspecified atom stereocenters. The molecule has 2 fully saturated rings. The van der Waals surface area contributed by atoms with Crippen molar-refractivity contribution in [2.75, 3.05) is 6.61 Å². The molecule has 0 bridgehead atoms. The summed E-state index contributed by atoms with van der Waals surface area (Å²) in [6.07, 6.45) is 6.08. The predicted molar refractivity (Wildman–Crippen MR) is 78.2 cm³/mol. The summed E-state index contributed by atoms with van der Waals surface area (Å²) in [5, 5.41) is 0. The Morgan fingerprint density at radius 3 is 2.50 bits per heavy atom. The first kappa shape index (κ1) is 13.9. The fourth-order valence-electron chi connectivity index (χ4n) is 2.16. The highest BCUT2D eigenvalue weighted by Crippen LogP contribution is 2.37. The Kier molecular flexibility index (Phi) is 3.29. The van der Waals surface area contributed by atoms with Crippen molar-refractivity contribution in [3.05, 3.63) is 18.5 Å². The standard InChI is InChI=1S/C15H22BNO3/c1-14(2)15(3,4)20-16(19-14)12-9-17-8-7-13(12)18-10-11-5-6-11/h7-9,11H,5-6,10H2,1-4H3. The van der Waals surface area contributed by atoms with E-state index in [-0.39, 0.29) is 11.2 Å². The molecule has 20 heavy (non-hydrogen) atoms. The summed E-state index contributed by atoms with van der Waals surface area (Å²) < 4.78 is 18.1. The highest BCUT2D eigenvalue weighted by atomic mass is 16.7. The van der Waals surface area contributed by atoms with E-state index >= 15 is 0 Å². The van der Waals surface area contributed by atoms with Crippen LogP contribution in [0.25, 0.3) is 0 Å². The van der Waals surface area contributed by atoms with Crippen molar-refractivity contribution in [2.24, 2.45) is 5.92 Å². The van der Waals surface area contributed by atoms with Gasteiger partial charge in [0.05, 0.1) is 17.8 Å². The summed E-state index contributed by atoms with van der Waals surface area (Å²) in [5.41, 5.74) is 0.189. The van der Waals surface area contributed by atoms with E-state index in [4.69, 9.17) is 14.0 Å². The SMILES string of the molecule is CC1(C)OB(c2cnccc2OCC2CC2)OC1(C)C. The van der Waals surface area contributed by atoms with Gasteiger partial charge in [-0.15, -0.1) is 0 Å². The molecule has 1 aliphatic heterocycles. The van der Waals surface area contributed by atoms with Crippen LogP contribution in [-0.2, 0) is 9.31 Å². The summed E-state index contributed by atoms with van der Waals surface area (Å²) in [6, 6.07) is 1.89. The van der Waals surface area contributed by atoms with Crippen molar-refractivity contribution in [1.29, 1.82) is 0 Å². The molecular weight excluding hydrogens is 253 g/mol. The van der Waals surface area contributed by atoms with Crippen LogP contribution in [0.3, 0.4) is 0 Å². The lowest BCUT2D eigenvalue weighted by Crippen LogP contribution is -2.41. The lowest BCUT2D eigenvalue weighted by molar-refractivity contribution is 0.00578. The minimum atomic E-state index is -0.414. The minimum Gasteiger partial charge on any atom is -0.494 e. The van der Waals surface area contributed by atoms with E-state index < -0.39 is 7.12 Å². The third-order valence-corrected chi connectivity index (χ3v) is 4.49. The van der Waals surface area contributed by atoms with Gasteiger partial charge in [0.1, 0.15) is 5.75 Å². The molecule has 0 radical (unpaired) electrons. The maximum absolute atomic E-state index is 6.07. The summed E-state index contributed by atoms with van der Waals surface area (Å²) in [5.74, 6) is 1.54. The Hall–Kier alpha value is -1.07. The Morgan fingerprint density at radius 1 is 1.25 bits per heavy atom. The Labute approximate surface area is 121 Å². The molecule has 0 atom stereocenters. The lowest BCUT2D eigenvalue weighted by atomic mass is 9.79. The lowest BCUT2D eigenvalue weighted by Gasteiger charge is -2.32. The largest absolute Gasteiger partial charge is 0.500 e. The topological polar surface area (TPSA) is 40.6 Å². The van der Waals surface area contributed by atoms with Gasteiger partial charge < -0.3 is 14.0 Å². The van der Waals surface area contributed by atoms with Gasteiger partial charge in [-0.05, 0) is 52.5 Å². The zero-order valence-electron chi connectivity index (χ0n) is 12.7. The molecule has 1 aliphatic carbocycles. The molecular formula is C15H22BNO3. The smallest absolute Gasteiger partial charge is 0.494 e. The fraction of sp³-hybridized carbons (Fsp3) is 0.667. The first-order valence-electron chi connectivity index (χ1n) is 7.31. The van der Waals surface area contributed by atoms with Crippen molar-refractivity contribution in [2.45, 2.75) is 51.7 Å².